The van der Waals surface area contributed by atoms with Crippen LogP contribution >= 0.6 is 23.7 Å². The second kappa shape index (κ2) is 6.99. The Bertz CT molecular complexity index is 340. The van der Waals surface area contributed by atoms with Gasteiger partial charge < -0.3 is 11.1 Å². The number of carbonyl (C=O) groups excluding carboxylic acids is 1. The third-order valence-corrected chi connectivity index (χ3v) is 3.80. The lowest BCUT2D eigenvalue weighted by Crippen LogP contribution is -2.55. The molecule has 1 aromatic heterocycles. The van der Waals surface area contributed by atoms with Crippen molar-refractivity contribution in [1.29, 1.82) is 0 Å². The van der Waals surface area contributed by atoms with Crippen molar-refractivity contribution in [3.8, 4) is 0 Å². The van der Waals surface area contributed by atoms with Crippen molar-refractivity contribution in [2.45, 2.75) is 32.7 Å². The van der Waals surface area contributed by atoms with E-state index >= 15 is 0 Å². The highest BCUT2D eigenvalue weighted by atomic mass is 35.5. The third kappa shape index (κ3) is 4.66. The monoisotopic (exact) mass is 276 g/mol. The second-order valence-electron chi connectivity index (χ2n) is 4.63. The van der Waals surface area contributed by atoms with Crippen molar-refractivity contribution in [1.82, 2.24) is 5.32 Å². The first kappa shape index (κ1) is 16.4. The minimum Gasteiger partial charge on any atom is -0.349 e. The van der Waals surface area contributed by atoms with Crippen molar-refractivity contribution >= 4 is 29.7 Å². The van der Waals surface area contributed by atoms with Gasteiger partial charge in [0.15, 0.2) is 0 Å². The van der Waals surface area contributed by atoms with Crippen LogP contribution in [0.15, 0.2) is 16.8 Å². The van der Waals surface area contributed by atoms with Crippen molar-refractivity contribution in [3.63, 3.8) is 0 Å². The molecule has 1 amide bonds. The molecule has 17 heavy (non-hydrogen) atoms. The summed E-state index contributed by atoms with van der Waals surface area (Å²) < 4.78 is 0. The number of nitrogens with one attached hydrogen (secondary N) is 1. The minimum absolute atomic E-state index is 0. The number of thiophene rings is 1. The molecular formula is C12H21ClN2OS. The number of amides is 1. The summed E-state index contributed by atoms with van der Waals surface area (Å²) >= 11 is 1.61. The molecule has 3 N–H and O–H groups in total. The zero-order chi connectivity index (χ0) is 12.2. The molecule has 0 saturated heterocycles. The molecule has 0 radical (unpaired) electrons. The van der Waals surface area contributed by atoms with Gasteiger partial charge in [-0.25, -0.2) is 0 Å². The van der Waals surface area contributed by atoms with E-state index in [2.05, 4.69) is 19.2 Å². The lowest BCUT2D eigenvalue weighted by molar-refractivity contribution is -0.122. The maximum Gasteiger partial charge on any atom is 0.224 e. The zero-order valence-corrected chi connectivity index (χ0v) is 12.2. The van der Waals surface area contributed by atoms with Gasteiger partial charge >= 0.3 is 0 Å². The normalized spacial score (nSPS) is 13.9. The highest BCUT2D eigenvalue weighted by Gasteiger charge is 2.28. The van der Waals surface area contributed by atoms with Gasteiger partial charge in [-0.05, 0) is 35.2 Å². The molecule has 1 heterocycles. The van der Waals surface area contributed by atoms with Gasteiger partial charge in [-0.1, -0.05) is 13.8 Å². The van der Waals surface area contributed by atoms with E-state index in [1.807, 2.05) is 23.8 Å². The molecule has 0 aliphatic carbocycles. The lowest BCUT2D eigenvalue weighted by Gasteiger charge is -2.33. The molecule has 1 atom stereocenters. The van der Waals surface area contributed by atoms with Gasteiger partial charge in [0.2, 0.25) is 5.91 Å². The van der Waals surface area contributed by atoms with Crippen LogP contribution in [0.25, 0.3) is 0 Å². The standard InChI is InChI=1S/C12H20N2OS.ClH/c1-9(2)12(3,8-13)14-11(15)6-10-4-5-16-7-10;/h4-5,7,9H,6,8,13H2,1-3H3,(H,14,15);1H. The van der Waals surface area contributed by atoms with Crippen LogP contribution in [-0.4, -0.2) is 18.0 Å². The molecule has 98 valence electrons. The fourth-order valence-electron chi connectivity index (χ4n) is 1.37. The number of carbonyl (C=O) groups is 1. The number of rotatable bonds is 5. The van der Waals surface area contributed by atoms with Crippen LogP contribution in [0.3, 0.4) is 0 Å². The van der Waals surface area contributed by atoms with E-state index in [1.54, 1.807) is 11.3 Å². The fraction of sp³-hybridized carbons (Fsp3) is 0.583. The van der Waals surface area contributed by atoms with Crippen LogP contribution in [0.4, 0.5) is 0 Å². The molecule has 0 spiro atoms. The quantitative estimate of drug-likeness (QED) is 0.866. The average molecular weight is 277 g/mol. The molecule has 0 aliphatic rings. The van der Waals surface area contributed by atoms with Crippen LogP contribution < -0.4 is 11.1 Å². The minimum atomic E-state index is -0.312. The maximum atomic E-state index is 11.8. The topological polar surface area (TPSA) is 55.1 Å². The fourth-order valence-corrected chi connectivity index (χ4v) is 2.04. The Morgan fingerprint density at radius 2 is 2.24 bits per heavy atom. The Morgan fingerprint density at radius 3 is 2.65 bits per heavy atom. The highest BCUT2D eigenvalue weighted by molar-refractivity contribution is 7.07. The molecule has 3 nitrogen and oxygen atoms in total. The predicted molar refractivity (Wildman–Crippen MR) is 75.7 cm³/mol. The maximum absolute atomic E-state index is 11.8. The Labute approximate surface area is 113 Å². The smallest absolute Gasteiger partial charge is 0.224 e. The first-order valence-electron chi connectivity index (χ1n) is 5.50. The van der Waals surface area contributed by atoms with Crippen LogP contribution in [0, 0.1) is 5.92 Å². The van der Waals surface area contributed by atoms with E-state index in [-0.39, 0.29) is 23.9 Å². The second-order valence-corrected chi connectivity index (χ2v) is 5.41. The Hall–Kier alpha value is -0.580. The van der Waals surface area contributed by atoms with Crippen LogP contribution in [0.2, 0.25) is 0 Å². The van der Waals surface area contributed by atoms with E-state index in [4.69, 9.17) is 5.73 Å². The summed E-state index contributed by atoms with van der Waals surface area (Å²) in [6.07, 6.45) is 0.436. The first-order valence-corrected chi connectivity index (χ1v) is 6.44. The van der Waals surface area contributed by atoms with Gasteiger partial charge in [0.05, 0.1) is 12.0 Å². The molecule has 0 bridgehead atoms. The van der Waals surface area contributed by atoms with Gasteiger partial charge in [-0.2, -0.15) is 11.3 Å². The Morgan fingerprint density at radius 1 is 1.59 bits per heavy atom. The summed E-state index contributed by atoms with van der Waals surface area (Å²) in [4.78, 5) is 11.8. The van der Waals surface area contributed by atoms with Crippen molar-refractivity contribution in [2.75, 3.05) is 6.54 Å². The predicted octanol–water partition coefficient (Wildman–Crippen LogP) is 2.20. The van der Waals surface area contributed by atoms with E-state index < -0.39 is 0 Å². The molecule has 0 fully saturated rings. The molecule has 0 aliphatic heterocycles. The van der Waals surface area contributed by atoms with E-state index in [9.17, 15) is 4.79 Å². The molecular weight excluding hydrogens is 256 g/mol. The summed E-state index contributed by atoms with van der Waals surface area (Å²) in [6.45, 7) is 6.58. The van der Waals surface area contributed by atoms with Gasteiger partial charge in [-0.15, -0.1) is 12.4 Å². The number of nitrogens with two attached hydrogens (primary N) is 1. The first-order chi connectivity index (χ1) is 7.48. The van der Waals surface area contributed by atoms with Crippen molar-refractivity contribution < 1.29 is 4.79 Å². The Kier molecular flexibility index (Phi) is 6.75. The van der Waals surface area contributed by atoms with Crippen LogP contribution in [-0.2, 0) is 11.2 Å². The van der Waals surface area contributed by atoms with E-state index in [1.165, 1.54) is 0 Å². The van der Waals surface area contributed by atoms with Crippen LogP contribution in [0.1, 0.15) is 26.3 Å². The van der Waals surface area contributed by atoms with Crippen molar-refractivity contribution in [3.05, 3.63) is 22.4 Å². The Balaban J connectivity index is 0.00000256. The van der Waals surface area contributed by atoms with E-state index in [0.29, 0.717) is 18.9 Å². The highest BCUT2D eigenvalue weighted by Crippen LogP contribution is 2.15. The van der Waals surface area contributed by atoms with Gasteiger partial charge in [-0.3, -0.25) is 4.79 Å². The SMILES string of the molecule is CC(C)C(C)(CN)NC(=O)Cc1ccsc1.Cl. The van der Waals surface area contributed by atoms with Gasteiger partial charge in [0.1, 0.15) is 0 Å². The average Bonchev–Trinajstić information content (AvgIpc) is 2.69. The zero-order valence-electron chi connectivity index (χ0n) is 10.5. The van der Waals surface area contributed by atoms with Gasteiger partial charge in [0, 0.05) is 6.54 Å². The summed E-state index contributed by atoms with van der Waals surface area (Å²) in [5.74, 6) is 0.365. The largest absolute Gasteiger partial charge is 0.349 e. The van der Waals surface area contributed by atoms with Gasteiger partial charge in [0.25, 0.3) is 0 Å². The molecule has 1 aromatic rings. The summed E-state index contributed by atoms with van der Waals surface area (Å²) in [5, 5.41) is 7.00. The van der Waals surface area contributed by atoms with Crippen LogP contribution in [0.5, 0.6) is 0 Å². The molecule has 1 rings (SSSR count). The third-order valence-electron chi connectivity index (χ3n) is 3.07. The number of hydrogen-bond acceptors (Lipinski definition) is 3. The summed E-state index contributed by atoms with van der Waals surface area (Å²) in [5.41, 5.74) is 6.47. The molecule has 5 heteroatoms. The van der Waals surface area contributed by atoms with Crippen molar-refractivity contribution in [2.24, 2.45) is 11.7 Å². The molecule has 1 unspecified atom stereocenters. The molecule has 0 saturated carbocycles. The molecule has 0 aromatic carbocycles. The summed E-state index contributed by atoms with van der Waals surface area (Å²) in [7, 11) is 0. The lowest BCUT2D eigenvalue weighted by atomic mass is 9.88. The number of halogens is 1. The van der Waals surface area contributed by atoms with E-state index in [0.717, 1.165) is 5.56 Å². The summed E-state index contributed by atoms with van der Waals surface area (Å²) in [6, 6.07) is 1.97. The number of hydrogen-bond donors (Lipinski definition) is 2.